The van der Waals surface area contributed by atoms with Gasteiger partial charge < -0.3 is 5.11 Å². The molecule has 4 nitrogen and oxygen atoms in total. The third kappa shape index (κ3) is 1.98. The molecule has 0 bridgehead atoms. The first kappa shape index (κ1) is 9.71. The molecule has 2 rings (SSSR count). The fraction of sp³-hybridized carbons (Fsp3) is 0.273. The maximum Gasteiger partial charge on any atom is 0.248 e. The van der Waals surface area contributed by atoms with Crippen LogP contribution in [0.4, 0.5) is 5.69 Å². The number of phenolic OH excluding ortho intramolecular Hbond substituents is 1. The van der Waals surface area contributed by atoms with Crippen LogP contribution in [0.5, 0.6) is 5.75 Å². The van der Waals surface area contributed by atoms with Gasteiger partial charge in [0.15, 0.2) is 0 Å². The van der Waals surface area contributed by atoms with Crippen molar-refractivity contribution in [1.82, 2.24) is 0 Å². The van der Waals surface area contributed by atoms with Crippen molar-refractivity contribution in [3.8, 4) is 5.75 Å². The molecule has 78 valence electrons. The van der Waals surface area contributed by atoms with Crippen LogP contribution in [-0.4, -0.2) is 17.2 Å². The quantitative estimate of drug-likeness (QED) is 0.757. The number of hydrogen-bond acceptors (Lipinski definition) is 3. The van der Waals surface area contributed by atoms with Gasteiger partial charge in [-0.3, -0.25) is 4.79 Å². The van der Waals surface area contributed by atoms with Crippen molar-refractivity contribution in [1.29, 1.82) is 0 Å². The van der Waals surface area contributed by atoms with E-state index in [1.165, 1.54) is 17.1 Å². The summed E-state index contributed by atoms with van der Waals surface area (Å²) in [6.45, 7) is 1.95. The minimum absolute atomic E-state index is 0.0179. The van der Waals surface area contributed by atoms with Crippen LogP contribution in [0.25, 0.3) is 0 Å². The lowest BCUT2D eigenvalue weighted by Gasteiger charge is -2.22. The number of rotatable bonds is 1. The summed E-state index contributed by atoms with van der Waals surface area (Å²) in [5.41, 5.74) is 0.681. The number of carbonyl (C=O) groups excluding carboxylic acids is 1. The molecule has 0 fully saturated rings. The number of nitrogens with zero attached hydrogens (tertiary/aromatic N) is 2. The van der Waals surface area contributed by atoms with Crippen molar-refractivity contribution in [2.45, 2.75) is 13.3 Å². The Morgan fingerprint density at radius 1 is 1.40 bits per heavy atom. The zero-order valence-electron chi connectivity index (χ0n) is 8.42. The smallest absolute Gasteiger partial charge is 0.248 e. The van der Waals surface area contributed by atoms with Gasteiger partial charge in [0.1, 0.15) is 5.75 Å². The van der Waals surface area contributed by atoms with Crippen LogP contribution in [0, 0.1) is 5.92 Å². The van der Waals surface area contributed by atoms with Crippen LogP contribution in [-0.2, 0) is 4.79 Å². The van der Waals surface area contributed by atoms with Gasteiger partial charge in [-0.15, -0.1) is 0 Å². The Balaban J connectivity index is 2.27. The molecule has 0 radical (unpaired) electrons. The summed E-state index contributed by atoms with van der Waals surface area (Å²) in [6.07, 6.45) is 2.23. The van der Waals surface area contributed by atoms with E-state index >= 15 is 0 Å². The Morgan fingerprint density at radius 3 is 2.67 bits per heavy atom. The molecule has 1 aliphatic heterocycles. The highest BCUT2D eigenvalue weighted by Crippen LogP contribution is 2.22. The lowest BCUT2D eigenvalue weighted by atomic mass is 10.1. The van der Waals surface area contributed by atoms with Crippen molar-refractivity contribution in [2.75, 3.05) is 5.01 Å². The Labute approximate surface area is 87.8 Å². The highest BCUT2D eigenvalue weighted by molar-refractivity contribution is 5.97. The zero-order valence-corrected chi connectivity index (χ0v) is 8.42. The lowest BCUT2D eigenvalue weighted by Crippen LogP contribution is -2.31. The van der Waals surface area contributed by atoms with Gasteiger partial charge in [0.05, 0.1) is 5.69 Å². The number of hydrogen-bond donors (Lipinski definition) is 1. The molecule has 1 aliphatic rings. The van der Waals surface area contributed by atoms with Gasteiger partial charge in [-0.1, -0.05) is 6.92 Å². The molecule has 0 spiro atoms. The minimum Gasteiger partial charge on any atom is -0.508 e. The maximum atomic E-state index is 11.6. The number of anilines is 1. The predicted octanol–water partition coefficient (Wildman–Crippen LogP) is 1.75. The Hall–Kier alpha value is -1.84. The summed E-state index contributed by atoms with van der Waals surface area (Å²) in [5, 5.41) is 14.6. The van der Waals surface area contributed by atoms with E-state index in [0.717, 1.165) is 0 Å². The highest BCUT2D eigenvalue weighted by Gasteiger charge is 2.21. The van der Waals surface area contributed by atoms with E-state index in [2.05, 4.69) is 5.10 Å². The Bertz CT molecular complexity index is 398. The van der Waals surface area contributed by atoms with Crippen molar-refractivity contribution in [2.24, 2.45) is 11.0 Å². The number of benzene rings is 1. The molecular formula is C11H12N2O2. The summed E-state index contributed by atoms with van der Waals surface area (Å²) in [7, 11) is 0. The molecule has 1 heterocycles. The number of carbonyl (C=O) groups is 1. The molecule has 4 heteroatoms. The van der Waals surface area contributed by atoms with Crippen LogP contribution in [0.15, 0.2) is 29.4 Å². The first-order valence-corrected chi connectivity index (χ1v) is 4.83. The summed E-state index contributed by atoms with van der Waals surface area (Å²) in [6, 6.07) is 6.41. The first-order valence-electron chi connectivity index (χ1n) is 4.83. The average molecular weight is 204 g/mol. The van der Waals surface area contributed by atoms with Gasteiger partial charge >= 0.3 is 0 Å². The van der Waals surface area contributed by atoms with Crippen molar-refractivity contribution < 1.29 is 9.90 Å². The molecule has 1 unspecified atom stereocenters. The van der Waals surface area contributed by atoms with E-state index in [4.69, 9.17) is 5.11 Å². The largest absolute Gasteiger partial charge is 0.508 e. The van der Waals surface area contributed by atoms with Gasteiger partial charge in [-0.25, -0.2) is 5.01 Å². The molecule has 15 heavy (non-hydrogen) atoms. The van der Waals surface area contributed by atoms with Crippen LogP contribution in [0.1, 0.15) is 13.3 Å². The zero-order chi connectivity index (χ0) is 10.8. The average Bonchev–Trinajstić information content (AvgIpc) is 2.20. The Morgan fingerprint density at radius 2 is 2.07 bits per heavy atom. The molecule has 0 saturated heterocycles. The normalized spacial score (nSPS) is 20.7. The van der Waals surface area contributed by atoms with Crippen LogP contribution in [0.3, 0.4) is 0 Å². The number of phenols is 1. The standard InChI is InChI=1S/C11H12N2O2/c1-8-6-11(15)13(12-7-8)9-2-4-10(14)5-3-9/h2-5,7-8,14H,6H2,1H3. The Kier molecular flexibility index (Phi) is 2.41. The fourth-order valence-electron chi connectivity index (χ4n) is 1.46. The molecule has 0 aliphatic carbocycles. The van der Waals surface area contributed by atoms with E-state index in [-0.39, 0.29) is 17.6 Å². The molecule has 1 aromatic carbocycles. The molecular weight excluding hydrogens is 192 g/mol. The minimum atomic E-state index is -0.0179. The summed E-state index contributed by atoms with van der Waals surface area (Å²) < 4.78 is 0. The van der Waals surface area contributed by atoms with Crippen molar-refractivity contribution in [3.63, 3.8) is 0 Å². The molecule has 1 amide bonds. The number of amides is 1. The van der Waals surface area contributed by atoms with Crippen LogP contribution >= 0.6 is 0 Å². The molecule has 0 aromatic heterocycles. The third-order valence-electron chi connectivity index (χ3n) is 2.26. The second-order valence-corrected chi connectivity index (χ2v) is 3.67. The highest BCUT2D eigenvalue weighted by atomic mass is 16.3. The molecule has 0 saturated carbocycles. The molecule has 1 aromatic rings. The predicted molar refractivity (Wildman–Crippen MR) is 57.9 cm³/mol. The fourth-order valence-corrected chi connectivity index (χ4v) is 1.46. The van der Waals surface area contributed by atoms with E-state index in [1.807, 2.05) is 6.92 Å². The first-order chi connectivity index (χ1) is 7.16. The van der Waals surface area contributed by atoms with Gasteiger partial charge in [0, 0.05) is 18.6 Å². The second kappa shape index (κ2) is 3.73. The van der Waals surface area contributed by atoms with Crippen LogP contribution < -0.4 is 5.01 Å². The van der Waals surface area contributed by atoms with Crippen LogP contribution in [0.2, 0.25) is 0 Å². The summed E-state index contributed by atoms with van der Waals surface area (Å²) >= 11 is 0. The van der Waals surface area contributed by atoms with E-state index in [0.29, 0.717) is 12.1 Å². The van der Waals surface area contributed by atoms with Crippen molar-refractivity contribution in [3.05, 3.63) is 24.3 Å². The molecule has 1 atom stereocenters. The van der Waals surface area contributed by atoms with Gasteiger partial charge in [0.25, 0.3) is 0 Å². The topological polar surface area (TPSA) is 52.9 Å². The van der Waals surface area contributed by atoms with E-state index < -0.39 is 0 Å². The SMILES string of the molecule is CC1C=NN(c2ccc(O)cc2)C(=O)C1. The number of aromatic hydroxyl groups is 1. The van der Waals surface area contributed by atoms with Gasteiger partial charge in [-0.05, 0) is 24.3 Å². The second-order valence-electron chi connectivity index (χ2n) is 3.67. The number of hydrazone groups is 1. The van der Waals surface area contributed by atoms with E-state index in [9.17, 15) is 4.79 Å². The summed E-state index contributed by atoms with van der Waals surface area (Å²) in [4.78, 5) is 11.6. The lowest BCUT2D eigenvalue weighted by molar-refractivity contribution is -0.119. The summed E-state index contributed by atoms with van der Waals surface area (Å²) in [5.74, 6) is 0.363. The molecule has 1 N–H and O–H groups in total. The van der Waals surface area contributed by atoms with Gasteiger partial charge in [-0.2, -0.15) is 5.10 Å². The van der Waals surface area contributed by atoms with Gasteiger partial charge in [0.2, 0.25) is 5.91 Å². The monoisotopic (exact) mass is 204 g/mol. The van der Waals surface area contributed by atoms with E-state index in [1.54, 1.807) is 18.3 Å². The van der Waals surface area contributed by atoms with Crippen molar-refractivity contribution >= 4 is 17.8 Å². The third-order valence-corrected chi connectivity index (χ3v) is 2.26. The maximum absolute atomic E-state index is 11.6.